The molecule has 100 valence electrons. The summed E-state index contributed by atoms with van der Waals surface area (Å²) in [7, 11) is 1.56. The maximum absolute atomic E-state index is 13.8. The van der Waals surface area contributed by atoms with Crippen molar-refractivity contribution in [2.45, 2.75) is 13.0 Å². The number of ether oxygens (including phenoxy) is 1. The van der Waals surface area contributed by atoms with Crippen LogP contribution in [-0.2, 0) is 17.8 Å². The van der Waals surface area contributed by atoms with Crippen LogP contribution in [0.1, 0.15) is 17.1 Å². The number of hydrogen-bond donors (Lipinski definition) is 1. The third-order valence-electron chi connectivity index (χ3n) is 2.52. The summed E-state index contributed by atoms with van der Waals surface area (Å²) in [6.45, 7) is 0.331. The summed E-state index contributed by atoms with van der Waals surface area (Å²) >= 11 is 5.73. The van der Waals surface area contributed by atoms with Gasteiger partial charge in [0.2, 0.25) is 0 Å². The summed E-state index contributed by atoms with van der Waals surface area (Å²) in [5.41, 5.74) is 6.78. The number of nitrogen functional groups attached to an aromatic ring is 1. The summed E-state index contributed by atoms with van der Waals surface area (Å²) < 4.78 is 18.8. The second-order valence-electron chi connectivity index (χ2n) is 4.02. The molecule has 2 N–H and O–H groups in total. The van der Waals surface area contributed by atoms with E-state index >= 15 is 0 Å². The second-order valence-corrected chi connectivity index (χ2v) is 4.43. The van der Waals surface area contributed by atoms with Gasteiger partial charge in [0.1, 0.15) is 17.5 Å². The largest absolute Gasteiger partial charge is 0.384 e. The van der Waals surface area contributed by atoms with Gasteiger partial charge < -0.3 is 10.5 Å². The molecule has 0 amide bonds. The average Bonchev–Trinajstić information content (AvgIpc) is 2.35. The molecule has 4 nitrogen and oxygen atoms in total. The van der Waals surface area contributed by atoms with Crippen molar-refractivity contribution < 1.29 is 9.13 Å². The molecule has 2 rings (SSSR count). The van der Waals surface area contributed by atoms with E-state index in [2.05, 4.69) is 9.97 Å². The van der Waals surface area contributed by atoms with Gasteiger partial charge in [-0.1, -0.05) is 23.7 Å². The molecule has 0 fully saturated rings. The van der Waals surface area contributed by atoms with Crippen molar-refractivity contribution in [3.8, 4) is 0 Å². The van der Waals surface area contributed by atoms with Gasteiger partial charge in [-0.3, -0.25) is 0 Å². The fraction of sp³-hybridized carbons (Fsp3) is 0.231. The van der Waals surface area contributed by atoms with E-state index in [1.165, 1.54) is 6.07 Å². The fourth-order valence-electron chi connectivity index (χ4n) is 1.73. The zero-order valence-electron chi connectivity index (χ0n) is 10.4. The molecule has 0 saturated carbocycles. The Morgan fingerprint density at radius 3 is 2.89 bits per heavy atom. The molecular formula is C13H13ClFN3O. The lowest BCUT2D eigenvalue weighted by atomic mass is 10.1. The van der Waals surface area contributed by atoms with Gasteiger partial charge in [0, 0.05) is 19.6 Å². The highest BCUT2D eigenvalue weighted by atomic mass is 35.5. The number of nitrogens with two attached hydrogens (primary N) is 1. The first-order valence-electron chi connectivity index (χ1n) is 5.64. The summed E-state index contributed by atoms with van der Waals surface area (Å²) in [6, 6.07) is 6.45. The summed E-state index contributed by atoms with van der Waals surface area (Å²) in [4.78, 5) is 8.35. The number of methoxy groups -OCH3 is 1. The molecule has 0 spiro atoms. The Labute approximate surface area is 115 Å². The van der Waals surface area contributed by atoms with Crippen LogP contribution in [0, 0.1) is 5.82 Å². The van der Waals surface area contributed by atoms with E-state index in [1.807, 2.05) is 0 Å². The van der Waals surface area contributed by atoms with Crippen LogP contribution in [0.5, 0.6) is 0 Å². The maximum atomic E-state index is 13.8. The quantitative estimate of drug-likeness (QED) is 0.936. The first-order chi connectivity index (χ1) is 9.10. The Morgan fingerprint density at radius 2 is 2.16 bits per heavy atom. The van der Waals surface area contributed by atoms with E-state index < -0.39 is 5.82 Å². The van der Waals surface area contributed by atoms with E-state index in [1.54, 1.807) is 25.3 Å². The van der Waals surface area contributed by atoms with Gasteiger partial charge in [-0.05, 0) is 11.6 Å². The smallest absolute Gasteiger partial charge is 0.145 e. The highest BCUT2D eigenvalue weighted by Crippen LogP contribution is 2.20. The van der Waals surface area contributed by atoms with Crippen LogP contribution in [0.3, 0.4) is 0 Å². The Bertz CT molecular complexity index is 592. The van der Waals surface area contributed by atoms with Crippen LogP contribution in [0.4, 0.5) is 10.2 Å². The van der Waals surface area contributed by atoms with Crippen molar-refractivity contribution >= 4 is 17.4 Å². The molecule has 1 heterocycles. The molecule has 1 aromatic heterocycles. The highest BCUT2D eigenvalue weighted by Gasteiger charge is 2.10. The molecule has 0 radical (unpaired) electrons. The molecule has 6 heteroatoms. The van der Waals surface area contributed by atoms with Crippen LogP contribution in [0.2, 0.25) is 5.02 Å². The first-order valence-corrected chi connectivity index (χ1v) is 6.02. The Balaban J connectivity index is 2.30. The monoisotopic (exact) mass is 281 g/mol. The average molecular weight is 282 g/mol. The SMILES string of the molecule is COCc1cc(N)nc(Cc2cccc(Cl)c2F)n1. The van der Waals surface area contributed by atoms with E-state index in [0.717, 1.165) is 0 Å². The van der Waals surface area contributed by atoms with E-state index in [0.29, 0.717) is 29.5 Å². The number of rotatable bonds is 4. The predicted octanol–water partition coefficient (Wildman–Crippen LogP) is 2.59. The van der Waals surface area contributed by atoms with Crippen molar-refractivity contribution in [1.29, 1.82) is 0 Å². The lowest BCUT2D eigenvalue weighted by Crippen LogP contribution is -2.05. The van der Waals surface area contributed by atoms with E-state index in [9.17, 15) is 4.39 Å². The van der Waals surface area contributed by atoms with Crippen LogP contribution in [0.15, 0.2) is 24.3 Å². The minimum atomic E-state index is -0.455. The molecule has 0 bridgehead atoms. The lowest BCUT2D eigenvalue weighted by molar-refractivity contribution is 0.181. The molecule has 0 saturated heterocycles. The van der Waals surface area contributed by atoms with Crippen molar-refractivity contribution in [1.82, 2.24) is 9.97 Å². The molecule has 2 aromatic rings. The van der Waals surface area contributed by atoms with Gasteiger partial charge in [-0.2, -0.15) is 0 Å². The summed E-state index contributed by atoms with van der Waals surface area (Å²) in [5, 5.41) is 0.0820. The Hall–Kier alpha value is -1.72. The predicted molar refractivity (Wildman–Crippen MR) is 71.4 cm³/mol. The molecule has 0 unspecified atom stereocenters. The molecule has 0 aliphatic carbocycles. The Morgan fingerprint density at radius 1 is 1.37 bits per heavy atom. The van der Waals surface area contributed by atoms with E-state index in [-0.39, 0.29) is 11.4 Å². The summed E-state index contributed by atoms with van der Waals surface area (Å²) in [5.74, 6) is 0.316. The number of aromatic nitrogens is 2. The first kappa shape index (κ1) is 13.7. The van der Waals surface area contributed by atoms with Crippen LogP contribution < -0.4 is 5.73 Å². The number of hydrogen-bond acceptors (Lipinski definition) is 4. The van der Waals surface area contributed by atoms with Gasteiger partial charge in [-0.25, -0.2) is 14.4 Å². The van der Waals surface area contributed by atoms with Gasteiger partial charge in [0.05, 0.1) is 17.3 Å². The maximum Gasteiger partial charge on any atom is 0.145 e. The zero-order chi connectivity index (χ0) is 13.8. The minimum Gasteiger partial charge on any atom is -0.384 e. The molecule has 19 heavy (non-hydrogen) atoms. The van der Waals surface area contributed by atoms with Crippen molar-refractivity contribution in [2.24, 2.45) is 0 Å². The van der Waals surface area contributed by atoms with Gasteiger partial charge in [0.25, 0.3) is 0 Å². The van der Waals surface area contributed by atoms with Crippen molar-refractivity contribution in [3.05, 3.63) is 52.2 Å². The number of nitrogens with zero attached hydrogens (tertiary/aromatic N) is 2. The fourth-order valence-corrected chi connectivity index (χ4v) is 1.93. The third kappa shape index (κ3) is 3.39. The molecule has 1 aromatic carbocycles. The highest BCUT2D eigenvalue weighted by molar-refractivity contribution is 6.30. The molecule has 0 atom stereocenters. The van der Waals surface area contributed by atoms with Crippen LogP contribution >= 0.6 is 11.6 Å². The number of anilines is 1. The number of benzene rings is 1. The Kier molecular flexibility index (Phi) is 4.29. The molecular weight excluding hydrogens is 269 g/mol. The lowest BCUT2D eigenvalue weighted by Gasteiger charge is -2.07. The molecule has 0 aliphatic heterocycles. The van der Waals surface area contributed by atoms with Crippen molar-refractivity contribution in [3.63, 3.8) is 0 Å². The third-order valence-corrected chi connectivity index (χ3v) is 2.81. The van der Waals surface area contributed by atoms with Gasteiger partial charge in [-0.15, -0.1) is 0 Å². The van der Waals surface area contributed by atoms with Crippen LogP contribution in [-0.4, -0.2) is 17.1 Å². The van der Waals surface area contributed by atoms with Crippen molar-refractivity contribution in [2.75, 3.05) is 12.8 Å². The molecule has 0 aliphatic rings. The second kappa shape index (κ2) is 5.95. The number of halogens is 2. The standard InChI is InChI=1S/C13H13ClFN3O/c1-19-7-9-6-11(16)18-12(17-9)5-8-3-2-4-10(14)13(8)15/h2-4,6H,5,7H2,1H3,(H2,16,17,18). The zero-order valence-corrected chi connectivity index (χ0v) is 11.1. The van der Waals surface area contributed by atoms with Crippen LogP contribution in [0.25, 0.3) is 0 Å². The topological polar surface area (TPSA) is 61.0 Å². The minimum absolute atomic E-state index is 0.0820. The van der Waals surface area contributed by atoms with E-state index in [4.69, 9.17) is 22.1 Å². The van der Waals surface area contributed by atoms with Gasteiger partial charge in [0.15, 0.2) is 0 Å². The normalized spacial score (nSPS) is 10.7. The van der Waals surface area contributed by atoms with Gasteiger partial charge >= 0.3 is 0 Å². The summed E-state index contributed by atoms with van der Waals surface area (Å²) in [6.07, 6.45) is 0.230.